The van der Waals surface area contributed by atoms with Gasteiger partial charge in [0.25, 0.3) is 11.6 Å². The summed E-state index contributed by atoms with van der Waals surface area (Å²) >= 11 is 4.43. The molecule has 3 rings (SSSR count). The number of hydrogen-bond acceptors (Lipinski definition) is 6. The molecular formula is C18H16F3N3O4S. The van der Waals surface area contributed by atoms with Crippen LogP contribution in [0.15, 0.2) is 42.5 Å². The van der Waals surface area contributed by atoms with Gasteiger partial charge in [-0.2, -0.15) is 13.2 Å². The van der Waals surface area contributed by atoms with E-state index in [4.69, 9.17) is 0 Å². The molecule has 29 heavy (non-hydrogen) atoms. The van der Waals surface area contributed by atoms with Crippen molar-refractivity contribution in [2.24, 2.45) is 0 Å². The van der Waals surface area contributed by atoms with Crippen molar-refractivity contribution in [1.82, 2.24) is 0 Å². The number of benzene rings is 2. The third-order valence-corrected chi connectivity index (χ3v) is 5.16. The Morgan fingerprint density at radius 2 is 1.69 bits per heavy atom. The van der Waals surface area contributed by atoms with E-state index in [2.05, 4.69) is 12.6 Å². The van der Waals surface area contributed by atoms with Crippen LogP contribution < -0.4 is 9.80 Å². The van der Waals surface area contributed by atoms with E-state index in [1.807, 2.05) is 0 Å². The van der Waals surface area contributed by atoms with E-state index >= 15 is 0 Å². The van der Waals surface area contributed by atoms with Gasteiger partial charge < -0.3 is 10.0 Å². The Balaban J connectivity index is 2.11. The largest absolute Gasteiger partial charge is 0.508 e. The zero-order valence-electron chi connectivity index (χ0n) is 15.2. The van der Waals surface area contributed by atoms with Crippen molar-refractivity contribution in [3.63, 3.8) is 0 Å². The summed E-state index contributed by atoms with van der Waals surface area (Å²) < 4.78 is 40.0. The predicted molar refractivity (Wildman–Crippen MR) is 103 cm³/mol. The standard InChI is InChI=1S/C18H16F3N3O4S/c1-17(2)15(26)22(16(29)23(17)10-3-6-12(25)7-4-10)11-5-8-14(24(27)28)13(9-11)18(19,20)21/h3-9,16,25,29H,1-2H3. The third kappa shape index (κ3) is 3.46. The molecule has 154 valence electrons. The van der Waals surface area contributed by atoms with Crippen molar-refractivity contribution in [2.75, 3.05) is 9.80 Å². The lowest BCUT2D eigenvalue weighted by molar-refractivity contribution is -0.388. The van der Waals surface area contributed by atoms with Crippen LogP contribution in [0.3, 0.4) is 0 Å². The van der Waals surface area contributed by atoms with E-state index in [1.165, 1.54) is 12.1 Å². The second-order valence-corrected chi connectivity index (χ2v) is 7.39. The molecule has 1 heterocycles. The number of amides is 1. The van der Waals surface area contributed by atoms with Gasteiger partial charge in [-0.3, -0.25) is 19.8 Å². The molecule has 1 amide bonds. The summed E-state index contributed by atoms with van der Waals surface area (Å²) in [5.74, 6) is -0.526. The van der Waals surface area contributed by atoms with Crippen LogP contribution in [-0.4, -0.2) is 27.0 Å². The molecule has 2 aromatic rings. The van der Waals surface area contributed by atoms with E-state index < -0.39 is 39.3 Å². The lowest BCUT2D eigenvalue weighted by Gasteiger charge is -2.33. The topological polar surface area (TPSA) is 86.9 Å². The normalized spacial score (nSPS) is 19.0. The minimum atomic E-state index is -4.97. The molecule has 2 aromatic carbocycles. The number of rotatable bonds is 3. The predicted octanol–water partition coefficient (Wildman–Crippen LogP) is 4.16. The minimum Gasteiger partial charge on any atom is -0.508 e. The lowest BCUT2D eigenvalue weighted by Crippen LogP contribution is -2.44. The zero-order chi connectivity index (χ0) is 21.7. The number of phenolic OH excluding ortho intramolecular Hbond substituents is 1. The van der Waals surface area contributed by atoms with Gasteiger partial charge >= 0.3 is 6.18 Å². The molecule has 0 spiro atoms. The monoisotopic (exact) mass is 427 g/mol. The van der Waals surface area contributed by atoms with Gasteiger partial charge in [-0.15, -0.1) is 12.6 Å². The van der Waals surface area contributed by atoms with Crippen LogP contribution in [0, 0.1) is 10.1 Å². The molecule has 7 nitrogen and oxygen atoms in total. The van der Waals surface area contributed by atoms with Crippen molar-refractivity contribution in [3.8, 4) is 5.75 Å². The van der Waals surface area contributed by atoms with E-state index in [9.17, 15) is 33.2 Å². The Kier molecular flexibility index (Phi) is 4.89. The van der Waals surface area contributed by atoms with Crippen LogP contribution >= 0.6 is 12.6 Å². The Bertz CT molecular complexity index is 979. The summed E-state index contributed by atoms with van der Waals surface area (Å²) in [6, 6.07) is 8.31. The summed E-state index contributed by atoms with van der Waals surface area (Å²) in [6.07, 6.45) is -4.97. The van der Waals surface area contributed by atoms with Crippen molar-refractivity contribution in [3.05, 3.63) is 58.1 Å². The van der Waals surface area contributed by atoms with Gasteiger partial charge in [0.1, 0.15) is 16.9 Å². The highest BCUT2D eigenvalue weighted by atomic mass is 32.1. The second kappa shape index (κ2) is 6.83. The van der Waals surface area contributed by atoms with E-state index in [0.717, 1.165) is 17.0 Å². The number of hydrogen-bond donors (Lipinski definition) is 2. The number of anilines is 2. The molecule has 11 heteroatoms. The molecule has 1 N–H and O–H groups in total. The molecule has 0 saturated carbocycles. The van der Waals surface area contributed by atoms with Gasteiger partial charge in [-0.1, -0.05) is 0 Å². The number of nitro groups is 1. The Labute approximate surface area is 168 Å². The molecule has 0 bridgehead atoms. The van der Waals surface area contributed by atoms with Gasteiger partial charge in [0.15, 0.2) is 5.50 Å². The van der Waals surface area contributed by atoms with Crippen molar-refractivity contribution in [2.45, 2.75) is 31.1 Å². The number of carbonyl (C=O) groups is 1. The molecule has 1 atom stereocenters. The Morgan fingerprint density at radius 3 is 2.21 bits per heavy atom. The maximum atomic E-state index is 13.3. The molecule has 1 aliphatic rings. The average Bonchev–Trinajstić information content (AvgIpc) is 2.79. The molecule has 1 aliphatic heterocycles. The van der Waals surface area contributed by atoms with Crippen LogP contribution in [0.4, 0.5) is 30.2 Å². The maximum Gasteiger partial charge on any atom is 0.423 e. The molecular weight excluding hydrogens is 411 g/mol. The van der Waals surface area contributed by atoms with Crippen LogP contribution in [0.5, 0.6) is 5.75 Å². The SMILES string of the molecule is CC1(C)C(=O)N(c2ccc([N+](=O)[O-])c(C(F)(F)F)c2)C(S)N1c1ccc(O)cc1. The quantitative estimate of drug-likeness (QED) is 0.436. The van der Waals surface area contributed by atoms with Gasteiger partial charge in [-0.05, 0) is 50.2 Å². The molecule has 0 aliphatic carbocycles. The van der Waals surface area contributed by atoms with E-state index in [-0.39, 0.29) is 11.4 Å². The first-order valence-corrected chi connectivity index (χ1v) is 8.83. The second-order valence-electron chi connectivity index (χ2n) is 6.92. The fourth-order valence-corrected chi connectivity index (χ4v) is 3.95. The van der Waals surface area contributed by atoms with Crippen molar-refractivity contribution in [1.29, 1.82) is 0 Å². The Morgan fingerprint density at radius 1 is 1.14 bits per heavy atom. The fraction of sp³-hybridized carbons (Fsp3) is 0.278. The van der Waals surface area contributed by atoms with E-state index in [1.54, 1.807) is 30.9 Å². The van der Waals surface area contributed by atoms with Crippen LogP contribution in [-0.2, 0) is 11.0 Å². The number of aromatic hydroxyl groups is 1. The summed E-state index contributed by atoms with van der Waals surface area (Å²) in [5.41, 5.74) is -4.36. The summed E-state index contributed by atoms with van der Waals surface area (Å²) in [4.78, 5) is 25.5. The Hall–Kier alpha value is -2.95. The number of phenols is 1. The number of nitrogens with zero attached hydrogens (tertiary/aromatic N) is 3. The number of alkyl halides is 3. The average molecular weight is 427 g/mol. The lowest BCUT2D eigenvalue weighted by atomic mass is 10.0. The first kappa shape index (κ1) is 20.8. The highest BCUT2D eigenvalue weighted by Crippen LogP contribution is 2.43. The number of carbonyl (C=O) groups excluding carboxylic acids is 1. The van der Waals surface area contributed by atoms with Gasteiger partial charge in [0.2, 0.25) is 0 Å². The third-order valence-electron chi connectivity index (χ3n) is 4.69. The van der Waals surface area contributed by atoms with Gasteiger partial charge in [0.05, 0.1) is 4.92 Å². The maximum absolute atomic E-state index is 13.3. The van der Waals surface area contributed by atoms with Crippen LogP contribution in [0.1, 0.15) is 19.4 Å². The van der Waals surface area contributed by atoms with Crippen LogP contribution in [0.25, 0.3) is 0 Å². The van der Waals surface area contributed by atoms with Gasteiger partial charge in [-0.25, -0.2) is 0 Å². The fourth-order valence-electron chi connectivity index (χ4n) is 3.29. The molecule has 1 saturated heterocycles. The zero-order valence-corrected chi connectivity index (χ0v) is 16.1. The van der Waals surface area contributed by atoms with Crippen molar-refractivity contribution < 1.29 is 28.0 Å². The molecule has 1 unspecified atom stereocenters. The van der Waals surface area contributed by atoms with E-state index in [0.29, 0.717) is 11.8 Å². The first-order valence-electron chi connectivity index (χ1n) is 8.31. The first-order chi connectivity index (χ1) is 13.4. The van der Waals surface area contributed by atoms with Crippen molar-refractivity contribution >= 4 is 35.6 Å². The number of thiol groups is 1. The molecule has 1 fully saturated rings. The van der Waals surface area contributed by atoms with Gasteiger partial charge in [0, 0.05) is 17.4 Å². The summed E-state index contributed by atoms with van der Waals surface area (Å²) in [5, 5.41) is 20.5. The van der Waals surface area contributed by atoms with Crippen LogP contribution in [0.2, 0.25) is 0 Å². The minimum absolute atomic E-state index is 0.00911. The summed E-state index contributed by atoms with van der Waals surface area (Å²) in [6.45, 7) is 3.17. The smallest absolute Gasteiger partial charge is 0.423 e. The summed E-state index contributed by atoms with van der Waals surface area (Å²) in [7, 11) is 0. The number of nitro benzene ring substituents is 1. The number of halogens is 3. The molecule has 0 radical (unpaired) electrons. The molecule has 0 aromatic heterocycles. The highest BCUT2D eigenvalue weighted by Gasteiger charge is 2.52. The highest BCUT2D eigenvalue weighted by molar-refractivity contribution is 7.81.